The molecule has 0 spiro atoms. The molecule has 9 nitrogen and oxygen atoms in total. The lowest BCUT2D eigenvalue weighted by molar-refractivity contribution is 0.1000. The van der Waals surface area contributed by atoms with Crippen molar-refractivity contribution in [3.8, 4) is 0 Å². The fourth-order valence-electron chi connectivity index (χ4n) is 4.02. The van der Waals surface area contributed by atoms with E-state index in [2.05, 4.69) is 15.4 Å². The molecule has 1 saturated heterocycles. The van der Waals surface area contributed by atoms with Gasteiger partial charge in [-0.2, -0.15) is 5.10 Å². The van der Waals surface area contributed by atoms with Gasteiger partial charge in [-0.15, -0.1) is 0 Å². The van der Waals surface area contributed by atoms with Crippen LogP contribution in [0.25, 0.3) is 0 Å². The number of nitrogens with two attached hydrogens (primary N) is 1. The van der Waals surface area contributed by atoms with Crippen molar-refractivity contribution in [2.75, 3.05) is 31.1 Å². The molecule has 3 heterocycles. The van der Waals surface area contributed by atoms with Gasteiger partial charge in [0.25, 0.3) is 5.91 Å². The quantitative estimate of drug-likeness (QED) is 0.816. The average Bonchev–Trinajstić information content (AvgIpc) is 3.09. The third kappa shape index (κ3) is 3.51. The smallest absolute Gasteiger partial charge is 0.318 e. The summed E-state index contributed by atoms with van der Waals surface area (Å²) in [6.07, 6.45) is 6.57. The van der Waals surface area contributed by atoms with Crippen LogP contribution in [0, 0.1) is 0 Å². The maximum atomic E-state index is 12.8. The summed E-state index contributed by atoms with van der Waals surface area (Å²) >= 11 is 0. The van der Waals surface area contributed by atoms with Crippen LogP contribution in [0.4, 0.5) is 10.6 Å². The lowest BCUT2D eigenvalue weighted by Gasteiger charge is -2.36. The molecule has 2 aliphatic rings. The number of primary amides is 1. The first kappa shape index (κ1) is 18.3. The van der Waals surface area contributed by atoms with Crippen LogP contribution < -0.4 is 16.0 Å². The Balaban J connectivity index is 1.38. The minimum absolute atomic E-state index is 0.0141. The van der Waals surface area contributed by atoms with Gasteiger partial charge in [0.05, 0.1) is 17.3 Å². The second kappa shape index (κ2) is 7.49. The molecule has 1 aliphatic carbocycles. The van der Waals surface area contributed by atoms with Crippen molar-refractivity contribution < 1.29 is 9.59 Å². The number of piperazine rings is 1. The van der Waals surface area contributed by atoms with Gasteiger partial charge in [0.1, 0.15) is 5.82 Å². The van der Waals surface area contributed by atoms with Crippen molar-refractivity contribution in [1.29, 1.82) is 0 Å². The summed E-state index contributed by atoms with van der Waals surface area (Å²) in [4.78, 5) is 32.5. The van der Waals surface area contributed by atoms with Gasteiger partial charge in [-0.05, 0) is 31.4 Å². The van der Waals surface area contributed by atoms with Gasteiger partial charge >= 0.3 is 6.03 Å². The second-order valence-corrected chi connectivity index (χ2v) is 7.31. The predicted molar refractivity (Wildman–Crippen MR) is 104 cm³/mol. The van der Waals surface area contributed by atoms with E-state index in [-0.39, 0.29) is 12.1 Å². The minimum atomic E-state index is -0.493. The van der Waals surface area contributed by atoms with Gasteiger partial charge in [-0.3, -0.25) is 9.48 Å². The molecule has 3 amide bonds. The number of aromatic nitrogens is 3. The van der Waals surface area contributed by atoms with Crippen LogP contribution in [0.2, 0.25) is 0 Å². The van der Waals surface area contributed by atoms with Crippen molar-refractivity contribution in [3.63, 3.8) is 0 Å². The molecule has 1 fully saturated rings. The Morgan fingerprint density at radius 1 is 1.25 bits per heavy atom. The molecule has 28 heavy (non-hydrogen) atoms. The summed E-state index contributed by atoms with van der Waals surface area (Å²) in [7, 11) is 1.91. The largest absolute Gasteiger partial charge is 0.365 e. The standard InChI is InChI=1S/C19H25N7O2/c1-24-12-14-15(5-2-6-16(14)23-24)22-19(28)26-10-8-25(9-11-26)18-13(17(20)27)4-3-7-21-18/h3-4,7,12,15H,2,5-6,8-11H2,1H3,(H2,20,27)(H,22,28). The Morgan fingerprint density at radius 3 is 2.79 bits per heavy atom. The molecule has 0 saturated carbocycles. The van der Waals surface area contributed by atoms with Crippen LogP contribution in [0.5, 0.6) is 0 Å². The molecule has 0 bridgehead atoms. The molecular weight excluding hydrogens is 358 g/mol. The number of anilines is 1. The number of pyridine rings is 1. The topological polar surface area (TPSA) is 109 Å². The van der Waals surface area contributed by atoms with Crippen LogP contribution in [0.3, 0.4) is 0 Å². The second-order valence-electron chi connectivity index (χ2n) is 7.31. The third-order valence-electron chi connectivity index (χ3n) is 5.44. The zero-order chi connectivity index (χ0) is 19.7. The minimum Gasteiger partial charge on any atom is -0.365 e. The Labute approximate surface area is 163 Å². The summed E-state index contributed by atoms with van der Waals surface area (Å²) in [5, 5.41) is 7.66. The molecule has 148 valence electrons. The first-order valence-corrected chi connectivity index (χ1v) is 9.60. The lowest BCUT2D eigenvalue weighted by atomic mass is 9.93. The van der Waals surface area contributed by atoms with Gasteiger partial charge in [-0.25, -0.2) is 9.78 Å². The highest BCUT2D eigenvalue weighted by Crippen LogP contribution is 2.29. The van der Waals surface area contributed by atoms with Crippen molar-refractivity contribution >= 4 is 17.8 Å². The van der Waals surface area contributed by atoms with Gasteiger partial charge in [0.15, 0.2) is 0 Å². The van der Waals surface area contributed by atoms with E-state index >= 15 is 0 Å². The molecule has 1 unspecified atom stereocenters. The Morgan fingerprint density at radius 2 is 2.04 bits per heavy atom. The van der Waals surface area contributed by atoms with Crippen molar-refractivity contribution in [1.82, 2.24) is 25.0 Å². The number of nitrogens with one attached hydrogen (secondary N) is 1. The van der Waals surface area contributed by atoms with Crippen LogP contribution in [0.15, 0.2) is 24.5 Å². The van der Waals surface area contributed by atoms with Crippen LogP contribution in [0.1, 0.15) is 40.5 Å². The van der Waals surface area contributed by atoms with Gasteiger partial charge in [0.2, 0.25) is 0 Å². The molecule has 4 rings (SSSR count). The summed E-state index contributed by atoms with van der Waals surface area (Å²) in [5.74, 6) is 0.0928. The van der Waals surface area contributed by atoms with E-state index < -0.39 is 5.91 Å². The van der Waals surface area contributed by atoms with Gasteiger partial charge < -0.3 is 20.9 Å². The van der Waals surface area contributed by atoms with Crippen LogP contribution in [-0.2, 0) is 13.5 Å². The zero-order valence-corrected chi connectivity index (χ0v) is 16.0. The van der Waals surface area contributed by atoms with Gasteiger partial charge in [0, 0.05) is 51.2 Å². The van der Waals surface area contributed by atoms with E-state index in [1.807, 2.05) is 27.7 Å². The normalized spacial score (nSPS) is 19.2. The maximum Gasteiger partial charge on any atom is 0.318 e. The number of rotatable bonds is 3. The van der Waals surface area contributed by atoms with Crippen molar-refractivity contribution in [2.24, 2.45) is 12.8 Å². The van der Waals surface area contributed by atoms with E-state index in [0.717, 1.165) is 30.5 Å². The highest BCUT2D eigenvalue weighted by atomic mass is 16.2. The van der Waals surface area contributed by atoms with Crippen molar-refractivity contribution in [3.05, 3.63) is 41.3 Å². The Hall–Kier alpha value is -3.10. The number of fused-ring (bicyclic) bond motifs is 1. The molecule has 2 aromatic heterocycles. The number of carbonyl (C=O) groups excluding carboxylic acids is 2. The summed E-state index contributed by atoms with van der Waals surface area (Å²) in [6.45, 7) is 2.33. The molecule has 1 atom stereocenters. The number of urea groups is 1. The van der Waals surface area contributed by atoms with E-state index in [0.29, 0.717) is 37.6 Å². The molecule has 3 N–H and O–H groups in total. The number of hydrogen-bond acceptors (Lipinski definition) is 5. The highest BCUT2D eigenvalue weighted by Gasteiger charge is 2.28. The van der Waals surface area contributed by atoms with E-state index in [1.54, 1.807) is 18.3 Å². The predicted octanol–water partition coefficient (Wildman–Crippen LogP) is 0.823. The monoisotopic (exact) mass is 383 g/mol. The number of nitrogens with zero attached hydrogens (tertiary/aromatic N) is 5. The number of amides is 3. The highest BCUT2D eigenvalue weighted by molar-refractivity contribution is 5.97. The zero-order valence-electron chi connectivity index (χ0n) is 16.0. The summed E-state index contributed by atoms with van der Waals surface area (Å²) < 4.78 is 1.82. The summed E-state index contributed by atoms with van der Waals surface area (Å²) in [6, 6.07) is 3.33. The Kier molecular flexibility index (Phi) is 4.89. The van der Waals surface area contributed by atoms with E-state index in [4.69, 9.17) is 5.73 Å². The maximum absolute atomic E-state index is 12.8. The number of carbonyl (C=O) groups is 2. The SMILES string of the molecule is Cn1cc2c(n1)CCCC2NC(=O)N1CCN(c2ncccc2C(N)=O)CC1. The fourth-order valence-corrected chi connectivity index (χ4v) is 4.02. The molecule has 9 heteroatoms. The first-order chi connectivity index (χ1) is 13.5. The van der Waals surface area contributed by atoms with E-state index in [9.17, 15) is 9.59 Å². The summed E-state index contributed by atoms with van der Waals surface area (Å²) in [5.41, 5.74) is 8.07. The first-order valence-electron chi connectivity index (χ1n) is 9.60. The fraction of sp³-hybridized carbons (Fsp3) is 0.474. The van der Waals surface area contributed by atoms with Crippen LogP contribution >= 0.6 is 0 Å². The average molecular weight is 383 g/mol. The molecule has 0 radical (unpaired) electrons. The lowest BCUT2D eigenvalue weighted by Crippen LogP contribution is -2.53. The van der Waals surface area contributed by atoms with Gasteiger partial charge in [-0.1, -0.05) is 0 Å². The molecule has 1 aliphatic heterocycles. The molecule has 0 aromatic carbocycles. The Bertz CT molecular complexity index is 886. The molecule has 2 aromatic rings. The third-order valence-corrected chi connectivity index (χ3v) is 5.44. The number of hydrogen-bond donors (Lipinski definition) is 2. The number of aryl methyl sites for hydroxylation is 2. The van der Waals surface area contributed by atoms with Crippen molar-refractivity contribution in [2.45, 2.75) is 25.3 Å². The van der Waals surface area contributed by atoms with Crippen LogP contribution in [-0.4, -0.2) is 57.8 Å². The van der Waals surface area contributed by atoms with E-state index in [1.165, 1.54) is 0 Å². The molecular formula is C19H25N7O2.